The average molecular weight is 292 g/mol. The van der Waals surface area contributed by atoms with Gasteiger partial charge in [-0.2, -0.15) is 0 Å². The fraction of sp³-hybridized carbons (Fsp3) is 0.143. The highest BCUT2D eigenvalue weighted by molar-refractivity contribution is 7.80. The molecule has 1 aromatic heterocycles. The predicted molar refractivity (Wildman–Crippen MR) is 83.5 cm³/mol. The SMILES string of the molecule is C[C@@H](NC(=S)Nc1cccnc1Cl)c1ccccc1. The molecule has 0 saturated heterocycles. The Morgan fingerprint density at radius 2 is 1.95 bits per heavy atom. The molecule has 0 aliphatic rings. The lowest BCUT2D eigenvalue weighted by Gasteiger charge is -2.17. The Kier molecular flexibility index (Phi) is 4.71. The number of rotatable bonds is 3. The van der Waals surface area contributed by atoms with Crippen LogP contribution in [0.5, 0.6) is 0 Å². The van der Waals surface area contributed by atoms with Gasteiger partial charge in [0.2, 0.25) is 0 Å². The maximum atomic E-state index is 5.96. The fourth-order valence-electron chi connectivity index (χ4n) is 1.66. The van der Waals surface area contributed by atoms with E-state index in [0.29, 0.717) is 16.0 Å². The van der Waals surface area contributed by atoms with E-state index in [1.807, 2.05) is 31.2 Å². The van der Waals surface area contributed by atoms with Crippen LogP contribution in [-0.2, 0) is 0 Å². The summed E-state index contributed by atoms with van der Waals surface area (Å²) >= 11 is 11.2. The minimum Gasteiger partial charge on any atom is -0.356 e. The highest BCUT2D eigenvalue weighted by Crippen LogP contribution is 2.18. The summed E-state index contributed by atoms with van der Waals surface area (Å²) in [4.78, 5) is 3.99. The third-order valence-electron chi connectivity index (χ3n) is 2.65. The molecule has 2 aromatic rings. The highest BCUT2D eigenvalue weighted by atomic mass is 35.5. The number of aromatic nitrogens is 1. The lowest BCUT2D eigenvalue weighted by Crippen LogP contribution is -2.31. The van der Waals surface area contributed by atoms with Gasteiger partial charge in [-0.05, 0) is 36.8 Å². The van der Waals surface area contributed by atoms with Crippen molar-refractivity contribution >= 4 is 34.6 Å². The molecule has 1 heterocycles. The van der Waals surface area contributed by atoms with Gasteiger partial charge in [0.1, 0.15) is 0 Å². The second-order valence-electron chi connectivity index (χ2n) is 4.07. The minimum absolute atomic E-state index is 0.122. The van der Waals surface area contributed by atoms with E-state index in [0.717, 1.165) is 0 Å². The summed E-state index contributed by atoms with van der Waals surface area (Å²) in [5.41, 5.74) is 1.87. The lowest BCUT2D eigenvalue weighted by molar-refractivity contribution is 0.722. The smallest absolute Gasteiger partial charge is 0.171 e. The molecule has 0 bridgehead atoms. The first-order valence-corrected chi connectivity index (χ1v) is 6.68. The Labute approximate surface area is 123 Å². The molecule has 5 heteroatoms. The van der Waals surface area contributed by atoms with E-state index in [1.54, 1.807) is 12.3 Å². The molecule has 3 nitrogen and oxygen atoms in total. The number of halogens is 1. The van der Waals surface area contributed by atoms with Crippen LogP contribution in [0.15, 0.2) is 48.7 Å². The Morgan fingerprint density at radius 3 is 2.63 bits per heavy atom. The molecule has 98 valence electrons. The van der Waals surface area contributed by atoms with Crippen LogP contribution in [0.4, 0.5) is 5.69 Å². The first kappa shape index (κ1) is 13.8. The van der Waals surface area contributed by atoms with Gasteiger partial charge in [-0.3, -0.25) is 0 Å². The second kappa shape index (κ2) is 6.50. The van der Waals surface area contributed by atoms with E-state index in [2.05, 4.69) is 27.8 Å². The van der Waals surface area contributed by atoms with Gasteiger partial charge in [0.25, 0.3) is 0 Å². The maximum absolute atomic E-state index is 5.96. The molecule has 1 aromatic carbocycles. The van der Waals surface area contributed by atoms with Crippen molar-refractivity contribution in [3.8, 4) is 0 Å². The molecule has 0 aliphatic heterocycles. The Morgan fingerprint density at radius 1 is 1.21 bits per heavy atom. The van der Waals surface area contributed by atoms with E-state index < -0.39 is 0 Å². The van der Waals surface area contributed by atoms with Gasteiger partial charge < -0.3 is 10.6 Å². The summed E-state index contributed by atoms with van der Waals surface area (Å²) in [5, 5.41) is 7.16. The normalized spacial score (nSPS) is 11.7. The van der Waals surface area contributed by atoms with Crippen LogP contribution < -0.4 is 10.6 Å². The summed E-state index contributed by atoms with van der Waals surface area (Å²) in [6, 6.07) is 13.9. The van der Waals surface area contributed by atoms with E-state index in [9.17, 15) is 0 Å². The number of anilines is 1. The molecule has 1 atom stereocenters. The minimum atomic E-state index is 0.122. The lowest BCUT2D eigenvalue weighted by atomic mass is 10.1. The van der Waals surface area contributed by atoms with Crippen LogP contribution in [0.1, 0.15) is 18.5 Å². The third kappa shape index (κ3) is 3.91. The Hall–Kier alpha value is -1.65. The van der Waals surface area contributed by atoms with Gasteiger partial charge >= 0.3 is 0 Å². The molecule has 0 aliphatic carbocycles. The highest BCUT2D eigenvalue weighted by Gasteiger charge is 2.07. The predicted octanol–water partition coefficient (Wildman–Crippen LogP) is 3.78. The first-order chi connectivity index (χ1) is 9.16. The van der Waals surface area contributed by atoms with Crippen LogP contribution in [0.2, 0.25) is 5.15 Å². The van der Waals surface area contributed by atoms with E-state index in [4.69, 9.17) is 23.8 Å². The van der Waals surface area contributed by atoms with Crippen LogP contribution in [0, 0.1) is 0 Å². The average Bonchev–Trinajstić information content (AvgIpc) is 2.42. The Balaban J connectivity index is 1.97. The van der Waals surface area contributed by atoms with Gasteiger partial charge in [0.05, 0.1) is 11.7 Å². The molecule has 0 fully saturated rings. The van der Waals surface area contributed by atoms with Crippen LogP contribution in [-0.4, -0.2) is 10.1 Å². The maximum Gasteiger partial charge on any atom is 0.171 e. The van der Waals surface area contributed by atoms with Crippen LogP contribution in [0.3, 0.4) is 0 Å². The standard InChI is InChI=1S/C14H14ClN3S/c1-10(11-6-3-2-4-7-11)17-14(19)18-12-8-5-9-16-13(12)15/h2-10H,1H3,(H2,17,18,19)/t10-/m1/s1. The molecule has 0 radical (unpaired) electrons. The van der Waals surface area contributed by atoms with Crippen molar-refractivity contribution in [2.24, 2.45) is 0 Å². The van der Waals surface area contributed by atoms with Gasteiger partial charge in [-0.1, -0.05) is 41.9 Å². The van der Waals surface area contributed by atoms with E-state index in [-0.39, 0.29) is 6.04 Å². The van der Waals surface area contributed by atoms with Crippen molar-refractivity contribution in [2.75, 3.05) is 5.32 Å². The van der Waals surface area contributed by atoms with Crippen LogP contribution in [0.25, 0.3) is 0 Å². The van der Waals surface area contributed by atoms with Crippen molar-refractivity contribution < 1.29 is 0 Å². The van der Waals surface area contributed by atoms with Crippen molar-refractivity contribution in [3.63, 3.8) is 0 Å². The summed E-state index contributed by atoms with van der Waals surface area (Å²) in [6.45, 7) is 2.05. The molecular weight excluding hydrogens is 278 g/mol. The van der Waals surface area contributed by atoms with Crippen molar-refractivity contribution in [3.05, 3.63) is 59.4 Å². The fourth-order valence-corrected chi connectivity index (χ4v) is 2.11. The summed E-state index contributed by atoms with van der Waals surface area (Å²) < 4.78 is 0. The van der Waals surface area contributed by atoms with Gasteiger partial charge in [-0.25, -0.2) is 4.98 Å². The monoisotopic (exact) mass is 291 g/mol. The zero-order chi connectivity index (χ0) is 13.7. The van der Waals surface area contributed by atoms with Crippen LogP contribution >= 0.6 is 23.8 Å². The number of nitrogens with one attached hydrogen (secondary N) is 2. The number of nitrogens with zero attached hydrogens (tertiary/aromatic N) is 1. The Bertz CT molecular complexity index is 560. The third-order valence-corrected chi connectivity index (χ3v) is 3.18. The molecule has 0 spiro atoms. The molecule has 0 unspecified atom stereocenters. The second-order valence-corrected chi connectivity index (χ2v) is 4.84. The largest absolute Gasteiger partial charge is 0.356 e. The van der Waals surface area contributed by atoms with Crippen molar-refractivity contribution in [2.45, 2.75) is 13.0 Å². The number of benzene rings is 1. The number of hydrogen-bond acceptors (Lipinski definition) is 2. The molecular formula is C14H14ClN3S. The first-order valence-electron chi connectivity index (χ1n) is 5.90. The molecule has 2 rings (SSSR count). The number of pyridine rings is 1. The number of thiocarbonyl (C=S) groups is 1. The van der Waals surface area contributed by atoms with E-state index in [1.165, 1.54) is 5.56 Å². The van der Waals surface area contributed by atoms with E-state index >= 15 is 0 Å². The van der Waals surface area contributed by atoms with Gasteiger partial charge in [0, 0.05) is 6.20 Å². The topological polar surface area (TPSA) is 37.0 Å². The zero-order valence-corrected chi connectivity index (χ0v) is 12.0. The molecule has 0 amide bonds. The molecule has 0 saturated carbocycles. The summed E-state index contributed by atoms with van der Waals surface area (Å²) in [7, 11) is 0. The van der Waals surface area contributed by atoms with Crippen molar-refractivity contribution in [1.82, 2.24) is 10.3 Å². The molecule has 2 N–H and O–H groups in total. The quantitative estimate of drug-likeness (QED) is 0.666. The van der Waals surface area contributed by atoms with Gasteiger partial charge in [-0.15, -0.1) is 0 Å². The van der Waals surface area contributed by atoms with Crippen molar-refractivity contribution in [1.29, 1.82) is 0 Å². The molecule has 19 heavy (non-hydrogen) atoms. The summed E-state index contributed by atoms with van der Waals surface area (Å²) in [6.07, 6.45) is 1.64. The summed E-state index contributed by atoms with van der Waals surface area (Å²) in [5.74, 6) is 0. The van der Waals surface area contributed by atoms with Gasteiger partial charge in [0.15, 0.2) is 10.3 Å². The number of hydrogen-bond donors (Lipinski definition) is 2. The zero-order valence-electron chi connectivity index (χ0n) is 10.4.